The van der Waals surface area contributed by atoms with Gasteiger partial charge in [0.05, 0.1) is 31.0 Å². The van der Waals surface area contributed by atoms with Gasteiger partial charge in [-0.05, 0) is 60.7 Å². The Labute approximate surface area is 179 Å². The molecule has 3 aromatic rings. The first-order valence-electron chi connectivity index (χ1n) is 10.5. The highest BCUT2D eigenvalue weighted by molar-refractivity contribution is 5.99. The standard InChI is InChI=1S/C24H24FN3O3/c1-15-17(11-16-3-5-18(6-4-16)28-9-2-8-26-28)12-19-20(23(15)25)13-27(24(19)30)21-14-31-10-7-22(21)29/h2-6,8-9,12,21-22,29H,7,10-11,13-14H2,1H3/t21-,22-/m0/s1. The largest absolute Gasteiger partial charge is 0.391 e. The smallest absolute Gasteiger partial charge is 0.255 e. The van der Waals surface area contributed by atoms with E-state index in [4.69, 9.17) is 4.74 Å². The van der Waals surface area contributed by atoms with E-state index in [-0.39, 0.29) is 24.9 Å². The van der Waals surface area contributed by atoms with Crippen molar-refractivity contribution in [1.82, 2.24) is 14.7 Å². The third-order valence-electron chi connectivity index (χ3n) is 6.33. The number of ether oxygens (including phenoxy) is 1. The number of aliphatic hydroxyl groups excluding tert-OH is 1. The first-order valence-corrected chi connectivity index (χ1v) is 10.5. The fourth-order valence-electron chi connectivity index (χ4n) is 4.47. The molecule has 0 aliphatic carbocycles. The first kappa shape index (κ1) is 19.9. The molecule has 0 unspecified atom stereocenters. The van der Waals surface area contributed by atoms with Crippen LogP contribution in [0.4, 0.5) is 4.39 Å². The SMILES string of the molecule is Cc1c(Cc2ccc(-n3cccn3)cc2)cc2c(c1F)CN([C@H]1COCC[C@@H]1O)C2=O. The molecular weight excluding hydrogens is 397 g/mol. The van der Waals surface area contributed by atoms with Crippen LogP contribution in [0.2, 0.25) is 0 Å². The van der Waals surface area contributed by atoms with E-state index in [1.165, 1.54) is 0 Å². The third-order valence-corrected chi connectivity index (χ3v) is 6.33. The van der Waals surface area contributed by atoms with Gasteiger partial charge in [-0.15, -0.1) is 0 Å². The zero-order valence-electron chi connectivity index (χ0n) is 17.3. The second kappa shape index (κ2) is 7.90. The molecule has 0 bridgehead atoms. The van der Waals surface area contributed by atoms with Crippen LogP contribution < -0.4 is 0 Å². The lowest BCUT2D eigenvalue weighted by Gasteiger charge is -2.34. The van der Waals surface area contributed by atoms with Gasteiger partial charge in [-0.3, -0.25) is 4.79 Å². The van der Waals surface area contributed by atoms with E-state index in [1.807, 2.05) is 42.6 Å². The maximum Gasteiger partial charge on any atom is 0.255 e. The Hall–Kier alpha value is -3.03. The second-order valence-corrected chi connectivity index (χ2v) is 8.23. The minimum Gasteiger partial charge on any atom is -0.391 e. The molecule has 1 fully saturated rings. The van der Waals surface area contributed by atoms with Gasteiger partial charge in [-0.1, -0.05) is 12.1 Å². The van der Waals surface area contributed by atoms with Crippen molar-refractivity contribution < 1.29 is 19.0 Å². The average molecular weight is 421 g/mol. The molecule has 1 aromatic heterocycles. The molecule has 5 rings (SSSR count). The van der Waals surface area contributed by atoms with E-state index >= 15 is 4.39 Å². The highest BCUT2D eigenvalue weighted by atomic mass is 19.1. The molecule has 3 heterocycles. The predicted octanol–water partition coefficient (Wildman–Crippen LogP) is 3.02. The number of hydrogen-bond acceptors (Lipinski definition) is 4. The average Bonchev–Trinajstić information content (AvgIpc) is 3.42. The van der Waals surface area contributed by atoms with E-state index < -0.39 is 12.1 Å². The number of carbonyl (C=O) groups is 1. The van der Waals surface area contributed by atoms with Crippen molar-refractivity contribution in [3.05, 3.63) is 82.4 Å². The molecule has 7 heteroatoms. The molecule has 0 spiro atoms. The van der Waals surface area contributed by atoms with Gasteiger partial charge in [0.2, 0.25) is 0 Å². The maximum atomic E-state index is 15.2. The van der Waals surface area contributed by atoms with Gasteiger partial charge in [0.1, 0.15) is 5.82 Å². The molecule has 1 saturated heterocycles. The Morgan fingerprint density at radius 3 is 2.81 bits per heavy atom. The molecular formula is C24H24FN3O3. The quantitative estimate of drug-likeness (QED) is 0.703. The summed E-state index contributed by atoms with van der Waals surface area (Å²) in [5, 5.41) is 14.5. The Morgan fingerprint density at radius 1 is 1.29 bits per heavy atom. The van der Waals surface area contributed by atoms with Crippen molar-refractivity contribution in [2.45, 2.75) is 38.5 Å². The summed E-state index contributed by atoms with van der Waals surface area (Å²) >= 11 is 0. The summed E-state index contributed by atoms with van der Waals surface area (Å²) in [7, 11) is 0. The van der Waals surface area contributed by atoms with Crippen molar-refractivity contribution in [1.29, 1.82) is 0 Å². The number of hydrogen-bond donors (Lipinski definition) is 1. The lowest BCUT2D eigenvalue weighted by molar-refractivity contribution is -0.0529. The Morgan fingerprint density at radius 2 is 2.10 bits per heavy atom. The molecule has 0 radical (unpaired) electrons. The van der Waals surface area contributed by atoms with Gasteiger partial charge in [-0.2, -0.15) is 5.10 Å². The summed E-state index contributed by atoms with van der Waals surface area (Å²) in [4.78, 5) is 14.6. The van der Waals surface area contributed by atoms with Crippen molar-refractivity contribution >= 4 is 5.91 Å². The van der Waals surface area contributed by atoms with Gasteiger partial charge in [-0.25, -0.2) is 9.07 Å². The van der Waals surface area contributed by atoms with Crippen LogP contribution in [-0.2, 0) is 17.7 Å². The van der Waals surface area contributed by atoms with Gasteiger partial charge in [0.15, 0.2) is 0 Å². The molecule has 2 aliphatic rings. The normalized spacial score (nSPS) is 20.9. The number of aliphatic hydroxyl groups is 1. The molecule has 0 saturated carbocycles. The molecule has 160 valence electrons. The van der Waals surface area contributed by atoms with E-state index in [9.17, 15) is 9.90 Å². The van der Waals surface area contributed by atoms with Crippen LogP contribution in [0.1, 0.15) is 39.0 Å². The van der Waals surface area contributed by atoms with E-state index in [0.717, 1.165) is 16.8 Å². The van der Waals surface area contributed by atoms with Crippen LogP contribution in [0.5, 0.6) is 0 Å². The van der Waals surface area contributed by atoms with Gasteiger partial charge in [0.25, 0.3) is 5.91 Å². The summed E-state index contributed by atoms with van der Waals surface area (Å²) < 4.78 is 22.5. The van der Waals surface area contributed by atoms with Gasteiger partial charge < -0.3 is 14.7 Å². The first-order chi connectivity index (χ1) is 15.0. The fourth-order valence-corrected chi connectivity index (χ4v) is 4.47. The van der Waals surface area contributed by atoms with Crippen LogP contribution in [0.15, 0.2) is 48.8 Å². The number of amides is 1. The molecule has 2 aromatic carbocycles. The van der Waals surface area contributed by atoms with E-state index in [2.05, 4.69) is 5.10 Å². The topological polar surface area (TPSA) is 67.6 Å². The summed E-state index contributed by atoms with van der Waals surface area (Å²) in [6.45, 7) is 2.68. The number of rotatable bonds is 4. The van der Waals surface area contributed by atoms with Gasteiger partial charge in [0, 0.05) is 30.1 Å². The summed E-state index contributed by atoms with van der Waals surface area (Å²) in [5.74, 6) is -0.568. The summed E-state index contributed by atoms with van der Waals surface area (Å²) in [6.07, 6.45) is 3.96. The Balaban J connectivity index is 1.41. The maximum absolute atomic E-state index is 15.2. The highest BCUT2D eigenvalue weighted by Gasteiger charge is 2.39. The molecule has 2 aliphatic heterocycles. The van der Waals surface area contributed by atoms with Crippen LogP contribution in [0, 0.1) is 12.7 Å². The number of fused-ring (bicyclic) bond motifs is 1. The number of benzene rings is 2. The van der Waals surface area contributed by atoms with E-state index in [1.54, 1.807) is 22.7 Å². The molecule has 6 nitrogen and oxygen atoms in total. The predicted molar refractivity (Wildman–Crippen MR) is 113 cm³/mol. The molecule has 31 heavy (non-hydrogen) atoms. The van der Waals surface area contributed by atoms with E-state index in [0.29, 0.717) is 36.1 Å². The molecule has 2 atom stereocenters. The Kier molecular flexibility index (Phi) is 5.08. The third kappa shape index (κ3) is 3.54. The summed E-state index contributed by atoms with van der Waals surface area (Å²) in [5.41, 5.74) is 4.13. The highest BCUT2D eigenvalue weighted by Crippen LogP contribution is 2.33. The minimum atomic E-state index is -0.649. The zero-order chi connectivity index (χ0) is 21.5. The van der Waals surface area contributed by atoms with Gasteiger partial charge >= 0.3 is 0 Å². The number of aromatic nitrogens is 2. The van der Waals surface area contributed by atoms with Crippen molar-refractivity contribution in [2.24, 2.45) is 0 Å². The lowest BCUT2D eigenvalue weighted by atomic mass is 9.95. The van der Waals surface area contributed by atoms with Crippen LogP contribution in [0.25, 0.3) is 5.69 Å². The van der Waals surface area contributed by atoms with Crippen LogP contribution in [-0.4, -0.2) is 51.1 Å². The van der Waals surface area contributed by atoms with Crippen molar-refractivity contribution in [3.63, 3.8) is 0 Å². The number of nitrogens with zero attached hydrogens (tertiary/aromatic N) is 3. The van der Waals surface area contributed by atoms with Crippen LogP contribution >= 0.6 is 0 Å². The number of carbonyl (C=O) groups excluding carboxylic acids is 1. The van der Waals surface area contributed by atoms with Crippen LogP contribution in [0.3, 0.4) is 0 Å². The zero-order valence-corrected chi connectivity index (χ0v) is 17.3. The minimum absolute atomic E-state index is 0.171. The monoisotopic (exact) mass is 421 g/mol. The number of halogens is 1. The fraction of sp³-hybridized carbons (Fsp3) is 0.333. The second-order valence-electron chi connectivity index (χ2n) is 8.23. The van der Waals surface area contributed by atoms with Crippen molar-refractivity contribution in [3.8, 4) is 5.69 Å². The molecule has 1 N–H and O–H groups in total. The van der Waals surface area contributed by atoms with Crippen molar-refractivity contribution in [2.75, 3.05) is 13.2 Å². The summed E-state index contributed by atoms with van der Waals surface area (Å²) in [6, 6.07) is 11.2. The Bertz CT molecular complexity index is 1110. The molecule has 1 amide bonds. The lowest BCUT2D eigenvalue weighted by Crippen LogP contribution is -2.49.